The summed E-state index contributed by atoms with van der Waals surface area (Å²) >= 11 is 1.21. The zero-order chi connectivity index (χ0) is 18.3. The zero-order valence-electron chi connectivity index (χ0n) is 14.9. The van der Waals surface area contributed by atoms with Crippen LogP contribution in [0, 0.1) is 0 Å². The van der Waals surface area contributed by atoms with Crippen LogP contribution < -0.4 is 9.79 Å². The summed E-state index contributed by atoms with van der Waals surface area (Å²) in [6, 6.07) is 3.48. The van der Waals surface area contributed by atoms with Crippen LogP contribution in [0.25, 0.3) is 5.65 Å². The quantitative estimate of drug-likeness (QED) is 0.437. The Bertz CT molecular complexity index is 716. The molecule has 0 saturated carbocycles. The Balaban J connectivity index is 2.28. The largest absolute Gasteiger partial charge is 0.810 e. The number of nitrogens with zero attached hydrogens (tertiary/aromatic N) is 3. The predicted molar refractivity (Wildman–Crippen MR) is 98.5 cm³/mol. The van der Waals surface area contributed by atoms with E-state index in [0.29, 0.717) is 17.1 Å². The summed E-state index contributed by atoms with van der Waals surface area (Å²) in [6.45, 7) is 4.22. The highest BCUT2D eigenvalue weighted by Crippen LogP contribution is 2.52. The van der Waals surface area contributed by atoms with Crippen molar-refractivity contribution in [3.63, 3.8) is 0 Å². The zero-order valence-corrected chi connectivity index (χ0v) is 16.6. The smallest absolute Gasteiger partial charge is 0.155 e. The highest BCUT2D eigenvalue weighted by atomic mass is 32.2. The lowest BCUT2D eigenvalue weighted by Gasteiger charge is -2.38. The molecule has 2 rings (SSSR count). The van der Waals surface area contributed by atoms with Gasteiger partial charge in [0.15, 0.2) is 5.65 Å². The molecule has 0 spiro atoms. The molecule has 0 bridgehead atoms. The van der Waals surface area contributed by atoms with Gasteiger partial charge in [-0.25, -0.2) is 9.50 Å². The SMILES string of the molecule is CCCCCCSC(c1cc(CCCC)nc2ccnn12)P(=O)([O-])[O-]. The number of aryl methyl sites for hydroxylation is 1. The van der Waals surface area contributed by atoms with Crippen molar-refractivity contribution in [1.82, 2.24) is 14.6 Å². The first kappa shape index (κ1) is 20.4. The fourth-order valence-electron chi connectivity index (χ4n) is 2.72. The molecule has 0 fully saturated rings. The second kappa shape index (κ2) is 9.72. The van der Waals surface area contributed by atoms with Gasteiger partial charge in [0.05, 0.1) is 16.9 Å². The van der Waals surface area contributed by atoms with Crippen LogP contribution in [0.15, 0.2) is 18.3 Å². The van der Waals surface area contributed by atoms with Crippen molar-refractivity contribution in [3.05, 3.63) is 29.7 Å². The molecule has 0 radical (unpaired) electrons. The van der Waals surface area contributed by atoms with Crippen molar-refractivity contribution >= 4 is 25.0 Å². The van der Waals surface area contributed by atoms with Crippen molar-refractivity contribution in [2.24, 2.45) is 0 Å². The van der Waals surface area contributed by atoms with Crippen LogP contribution in [0.2, 0.25) is 0 Å². The van der Waals surface area contributed by atoms with E-state index in [-0.39, 0.29) is 0 Å². The lowest BCUT2D eigenvalue weighted by molar-refractivity contribution is -0.314. The summed E-state index contributed by atoms with van der Waals surface area (Å²) in [4.78, 5) is 27.3. The number of unbranched alkanes of at least 4 members (excludes halogenated alkanes) is 4. The molecule has 2 aromatic rings. The Morgan fingerprint density at radius 1 is 1.20 bits per heavy atom. The molecule has 0 aliphatic carbocycles. The van der Waals surface area contributed by atoms with Gasteiger partial charge in [0, 0.05) is 11.8 Å². The summed E-state index contributed by atoms with van der Waals surface area (Å²) in [6.07, 6.45) is 8.54. The summed E-state index contributed by atoms with van der Waals surface area (Å²) in [5, 5.41) is 4.17. The maximum absolute atomic E-state index is 11.9. The van der Waals surface area contributed by atoms with Crippen molar-refractivity contribution in [1.29, 1.82) is 0 Å². The van der Waals surface area contributed by atoms with Gasteiger partial charge in [-0.1, -0.05) is 39.5 Å². The van der Waals surface area contributed by atoms with E-state index in [1.807, 2.05) is 0 Å². The fourth-order valence-corrected chi connectivity index (χ4v) is 5.20. The van der Waals surface area contributed by atoms with Crippen LogP contribution >= 0.6 is 19.4 Å². The molecule has 0 N–H and O–H groups in total. The molecule has 0 aliphatic heterocycles. The van der Waals surface area contributed by atoms with Crippen LogP contribution in [0.4, 0.5) is 0 Å². The Labute approximate surface area is 153 Å². The Kier molecular flexibility index (Phi) is 7.94. The molecular weight excluding hydrogens is 357 g/mol. The number of hydrogen-bond acceptors (Lipinski definition) is 6. The van der Waals surface area contributed by atoms with Gasteiger partial charge in [0.1, 0.15) is 0 Å². The summed E-state index contributed by atoms with van der Waals surface area (Å²) in [7, 11) is -4.80. The topological polar surface area (TPSA) is 93.4 Å². The molecule has 1 atom stereocenters. The van der Waals surface area contributed by atoms with Crippen LogP contribution in [0.5, 0.6) is 0 Å². The standard InChI is InChI=1S/C17H28N3O3PS/c1-3-5-7-8-12-25-17(24(21,22)23)15-13-14(9-6-4-2)19-16-10-11-18-20(15)16/h10-11,13,17H,3-9,12H2,1-2H3,(H2,21,22,23)/p-2. The van der Waals surface area contributed by atoms with Crippen molar-refractivity contribution in [2.75, 3.05) is 5.75 Å². The molecule has 0 aromatic carbocycles. The van der Waals surface area contributed by atoms with Crippen LogP contribution in [0.3, 0.4) is 0 Å². The number of hydrogen-bond donors (Lipinski definition) is 0. The lowest BCUT2D eigenvalue weighted by atomic mass is 10.2. The number of aromatic nitrogens is 3. The Morgan fingerprint density at radius 2 is 1.96 bits per heavy atom. The minimum Gasteiger partial charge on any atom is -0.810 e. The van der Waals surface area contributed by atoms with Gasteiger partial charge in [-0.15, -0.1) is 11.8 Å². The van der Waals surface area contributed by atoms with Crippen molar-refractivity contribution in [3.8, 4) is 0 Å². The minimum atomic E-state index is -4.80. The monoisotopic (exact) mass is 383 g/mol. The second-order valence-corrected chi connectivity index (χ2v) is 9.36. The maximum Gasteiger partial charge on any atom is 0.155 e. The van der Waals surface area contributed by atoms with Gasteiger partial charge in [0.25, 0.3) is 0 Å². The van der Waals surface area contributed by atoms with E-state index < -0.39 is 12.6 Å². The molecule has 1 unspecified atom stereocenters. The van der Waals surface area contributed by atoms with E-state index in [9.17, 15) is 14.4 Å². The van der Waals surface area contributed by atoms with Crippen LogP contribution in [-0.2, 0) is 11.0 Å². The normalized spacial score (nSPS) is 13.4. The van der Waals surface area contributed by atoms with E-state index in [1.165, 1.54) is 16.3 Å². The van der Waals surface area contributed by atoms with Gasteiger partial charge in [-0.05, 0) is 38.7 Å². The van der Waals surface area contributed by atoms with Gasteiger partial charge in [-0.2, -0.15) is 5.10 Å². The van der Waals surface area contributed by atoms with E-state index in [4.69, 9.17) is 0 Å². The van der Waals surface area contributed by atoms with Gasteiger partial charge < -0.3 is 14.4 Å². The molecule has 2 heterocycles. The third-order valence-corrected chi connectivity index (χ3v) is 7.18. The molecule has 0 aliphatic rings. The molecule has 0 saturated heterocycles. The molecular formula is C17H26N3O3PS-2. The third kappa shape index (κ3) is 5.81. The average Bonchev–Trinajstić information content (AvgIpc) is 3.03. The first-order valence-electron chi connectivity index (χ1n) is 8.94. The second-order valence-electron chi connectivity index (χ2n) is 6.20. The van der Waals surface area contributed by atoms with E-state index in [1.54, 1.807) is 18.3 Å². The van der Waals surface area contributed by atoms with Crippen molar-refractivity contribution in [2.45, 2.75) is 63.8 Å². The molecule has 25 heavy (non-hydrogen) atoms. The van der Waals surface area contributed by atoms with Gasteiger partial charge in [-0.3, -0.25) is 0 Å². The predicted octanol–water partition coefficient (Wildman–Crippen LogP) is 3.30. The Morgan fingerprint density at radius 3 is 2.64 bits per heavy atom. The summed E-state index contributed by atoms with van der Waals surface area (Å²) in [5.41, 5.74) is 1.83. The number of thioether (sulfide) groups is 1. The fraction of sp³-hybridized carbons (Fsp3) is 0.647. The van der Waals surface area contributed by atoms with E-state index in [2.05, 4.69) is 23.9 Å². The van der Waals surface area contributed by atoms with Crippen LogP contribution in [-0.4, -0.2) is 20.4 Å². The van der Waals surface area contributed by atoms with E-state index in [0.717, 1.165) is 50.6 Å². The Hall–Kier alpha value is -0.880. The number of fused-ring (bicyclic) bond motifs is 1. The third-order valence-electron chi connectivity index (χ3n) is 4.04. The first-order chi connectivity index (χ1) is 12.0. The highest BCUT2D eigenvalue weighted by molar-refractivity contribution is 8.04. The molecule has 140 valence electrons. The minimum absolute atomic E-state index is 0.426. The highest BCUT2D eigenvalue weighted by Gasteiger charge is 2.21. The summed E-state index contributed by atoms with van der Waals surface area (Å²) in [5.74, 6) is 0.647. The van der Waals surface area contributed by atoms with Crippen LogP contribution in [0.1, 0.15) is 68.8 Å². The lowest BCUT2D eigenvalue weighted by Crippen LogP contribution is -2.21. The van der Waals surface area contributed by atoms with Gasteiger partial charge in [0.2, 0.25) is 0 Å². The molecule has 2 aromatic heterocycles. The first-order valence-corrected chi connectivity index (χ1v) is 11.6. The van der Waals surface area contributed by atoms with Crippen molar-refractivity contribution < 1.29 is 14.4 Å². The molecule has 0 amide bonds. The van der Waals surface area contributed by atoms with Gasteiger partial charge >= 0.3 is 0 Å². The molecule has 6 nitrogen and oxygen atoms in total. The maximum atomic E-state index is 11.9. The van der Waals surface area contributed by atoms with E-state index >= 15 is 0 Å². The number of rotatable bonds is 11. The summed E-state index contributed by atoms with van der Waals surface area (Å²) < 4.78 is 13.4. The average molecular weight is 383 g/mol. The molecule has 8 heteroatoms.